The van der Waals surface area contributed by atoms with Crippen molar-refractivity contribution in [3.05, 3.63) is 35.0 Å². The van der Waals surface area contributed by atoms with Crippen molar-refractivity contribution in [1.82, 2.24) is 4.98 Å². The lowest BCUT2D eigenvalue weighted by molar-refractivity contribution is 0.305. The van der Waals surface area contributed by atoms with Crippen LogP contribution in [0.5, 0.6) is 5.75 Å². The SMILES string of the molecule is CCCCCOc1ccc(F)cc1C=NNc1nc(N)cs1. The van der Waals surface area contributed by atoms with Crippen molar-refractivity contribution in [1.29, 1.82) is 0 Å². The number of hydrazone groups is 1. The summed E-state index contributed by atoms with van der Waals surface area (Å²) in [4.78, 5) is 4.02. The number of rotatable bonds is 8. The largest absolute Gasteiger partial charge is 0.493 e. The maximum absolute atomic E-state index is 13.4. The third-order valence-corrected chi connectivity index (χ3v) is 3.63. The van der Waals surface area contributed by atoms with Gasteiger partial charge in [0.1, 0.15) is 17.4 Å². The highest BCUT2D eigenvalue weighted by molar-refractivity contribution is 7.14. The number of benzene rings is 1. The molecule has 1 aromatic heterocycles. The second-order valence-corrected chi connectivity index (χ2v) is 5.54. The van der Waals surface area contributed by atoms with E-state index in [4.69, 9.17) is 10.5 Å². The Morgan fingerprint density at radius 1 is 1.45 bits per heavy atom. The van der Waals surface area contributed by atoms with Crippen LogP contribution in [0, 0.1) is 5.82 Å². The van der Waals surface area contributed by atoms with Crippen molar-refractivity contribution in [3.8, 4) is 5.75 Å². The lowest BCUT2D eigenvalue weighted by atomic mass is 10.2. The molecule has 0 aliphatic rings. The third kappa shape index (κ3) is 5.00. The fourth-order valence-electron chi connectivity index (χ4n) is 1.78. The molecule has 0 aliphatic heterocycles. The quantitative estimate of drug-likeness (QED) is 0.439. The first-order chi connectivity index (χ1) is 10.7. The zero-order valence-electron chi connectivity index (χ0n) is 12.4. The van der Waals surface area contributed by atoms with Gasteiger partial charge in [0, 0.05) is 10.9 Å². The highest BCUT2D eigenvalue weighted by Crippen LogP contribution is 2.19. The van der Waals surface area contributed by atoms with Crippen LogP contribution >= 0.6 is 11.3 Å². The van der Waals surface area contributed by atoms with Crippen molar-refractivity contribution in [2.75, 3.05) is 17.8 Å². The first-order valence-corrected chi connectivity index (χ1v) is 7.99. The molecule has 0 fully saturated rings. The van der Waals surface area contributed by atoms with Gasteiger partial charge in [0.05, 0.1) is 12.8 Å². The van der Waals surface area contributed by atoms with Crippen molar-refractivity contribution in [2.45, 2.75) is 26.2 Å². The summed E-state index contributed by atoms with van der Waals surface area (Å²) in [6.45, 7) is 2.74. The zero-order chi connectivity index (χ0) is 15.8. The molecule has 0 atom stereocenters. The lowest BCUT2D eigenvalue weighted by Gasteiger charge is -2.08. The van der Waals surface area contributed by atoms with E-state index in [1.54, 1.807) is 11.4 Å². The van der Waals surface area contributed by atoms with Gasteiger partial charge in [-0.2, -0.15) is 5.10 Å². The number of hydrogen-bond acceptors (Lipinski definition) is 6. The molecule has 2 rings (SSSR count). The summed E-state index contributed by atoms with van der Waals surface area (Å²) >= 11 is 1.35. The molecule has 1 aromatic carbocycles. The van der Waals surface area contributed by atoms with Crippen LogP contribution in [0.4, 0.5) is 15.3 Å². The van der Waals surface area contributed by atoms with Crippen molar-refractivity contribution in [2.24, 2.45) is 5.10 Å². The van der Waals surface area contributed by atoms with E-state index in [1.807, 2.05) is 0 Å². The molecule has 0 spiro atoms. The fourth-order valence-corrected chi connectivity index (χ4v) is 2.33. The van der Waals surface area contributed by atoms with Gasteiger partial charge in [-0.1, -0.05) is 19.8 Å². The van der Waals surface area contributed by atoms with E-state index in [9.17, 15) is 4.39 Å². The van der Waals surface area contributed by atoms with Gasteiger partial charge in [0.15, 0.2) is 0 Å². The number of halogens is 1. The Morgan fingerprint density at radius 2 is 2.32 bits per heavy atom. The Balaban J connectivity index is 1.99. The fraction of sp³-hybridized carbons (Fsp3) is 0.333. The second kappa shape index (κ2) is 8.33. The summed E-state index contributed by atoms with van der Waals surface area (Å²) in [5, 5.41) is 6.33. The molecule has 7 heteroatoms. The molecule has 3 N–H and O–H groups in total. The van der Waals surface area contributed by atoms with Gasteiger partial charge in [-0.25, -0.2) is 9.37 Å². The predicted octanol–water partition coefficient (Wildman–Crippen LogP) is 3.88. The van der Waals surface area contributed by atoms with Crippen molar-refractivity contribution in [3.63, 3.8) is 0 Å². The van der Waals surface area contributed by atoms with Gasteiger partial charge in [0.2, 0.25) is 5.13 Å². The average molecular weight is 322 g/mol. The number of aromatic nitrogens is 1. The van der Waals surface area contributed by atoms with Gasteiger partial charge in [-0.05, 0) is 24.6 Å². The van der Waals surface area contributed by atoms with Crippen LogP contribution in [0.25, 0.3) is 0 Å². The molecule has 118 valence electrons. The van der Waals surface area contributed by atoms with Crippen molar-refractivity contribution >= 4 is 28.5 Å². The van der Waals surface area contributed by atoms with Crippen LogP contribution in [-0.2, 0) is 0 Å². The standard InChI is InChI=1S/C15H19FN4OS/c1-2-3-4-7-21-13-6-5-12(16)8-11(13)9-18-20-15-19-14(17)10-22-15/h5-6,8-10H,2-4,7,17H2,1H3,(H,19,20). The van der Waals surface area contributed by atoms with Crippen LogP contribution in [0.2, 0.25) is 0 Å². The van der Waals surface area contributed by atoms with Gasteiger partial charge >= 0.3 is 0 Å². The van der Waals surface area contributed by atoms with E-state index in [1.165, 1.54) is 29.7 Å². The number of nitrogens with two attached hydrogens (primary N) is 1. The van der Waals surface area contributed by atoms with E-state index in [0.717, 1.165) is 19.3 Å². The molecule has 0 radical (unpaired) electrons. The number of anilines is 2. The Kier molecular flexibility index (Phi) is 6.14. The van der Waals surface area contributed by atoms with E-state index >= 15 is 0 Å². The summed E-state index contributed by atoms with van der Waals surface area (Å²) in [7, 11) is 0. The Labute approximate surface area is 133 Å². The van der Waals surface area contributed by atoms with Gasteiger partial charge < -0.3 is 10.5 Å². The minimum Gasteiger partial charge on any atom is -0.493 e. The second-order valence-electron chi connectivity index (χ2n) is 4.69. The van der Waals surface area contributed by atoms with E-state index < -0.39 is 0 Å². The topological polar surface area (TPSA) is 72.5 Å². The summed E-state index contributed by atoms with van der Waals surface area (Å²) < 4.78 is 19.1. The first-order valence-electron chi connectivity index (χ1n) is 7.11. The smallest absolute Gasteiger partial charge is 0.205 e. The van der Waals surface area contributed by atoms with Crippen LogP contribution in [-0.4, -0.2) is 17.8 Å². The molecule has 0 amide bonds. The summed E-state index contributed by atoms with van der Waals surface area (Å²) in [5.41, 5.74) is 8.86. The van der Waals surface area contributed by atoms with E-state index in [0.29, 0.717) is 28.9 Å². The molecule has 0 unspecified atom stereocenters. The number of nitrogens with one attached hydrogen (secondary N) is 1. The summed E-state index contributed by atoms with van der Waals surface area (Å²) in [5.74, 6) is 0.718. The minimum absolute atomic E-state index is 0.333. The molecule has 0 aliphatic carbocycles. The summed E-state index contributed by atoms with van der Waals surface area (Å²) in [6.07, 6.45) is 4.72. The maximum Gasteiger partial charge on any atom is 0.205 e. The Hall–Kier alpha value is -2.15. The minimum atomic E-state index is -0.333. The molecular formula is C15H19FN4OS. The van der Waals surface area contributed by atoms with Crippen LogP contribution in [0.3, 0.4) is 0 Å². The number of ether oxygens (including phenoxy) is 1. The van der Waals surface area contributed by atoms with Crippen molar-refractivity contribution < 1.29 is 9.13 Å². The summed E-state index contributed by atoms with van der Waals surface area (Å²) in [6, 6.07) is 4.38. The molecule has 0 saturated carbocycles. The van der Waals surface area contributed by atoms with E-state index in [-0.39, 0.29) is 5.82 Å². The molecule has 2 aromatic rings. The zero-order valence-corrected chi connectivity index (χ0v) is 13.2. The first kappa shape index (κ1) is 16.2. The number of nitrogens with zero attached hydrogens (tertiary/aromatic N) is 2. The highest BCUT2D eigenvalue weighted by atomic mass is 32.1. The van der Waals surface area contributed by atoms with Crippen LogP contribution in [0.1, 0.15) is 31.7 Å². The van der Waals surface area contributed by atoms with Crippen LogP contribution in [0.15, 0.2) is 28.7 Å². The van der Waals surface area contributed by atoms with E-state index in [2.05, 4.69) is 22.4 Å². The normalized spacial score (nSPS) is 11.0. The molecular weight excluding hydrogens is 303 g/mol. The molecule has 1 heterocycles. The Bertz CT molecular complexity index is 630. The molecule has 22 heavy (non-hydrogen) atoms. The molecule has 0 bridgehead atoms. The van der Waals surface area contributed by atoms with Crippen LogP contribution < -0.4 is 15.9 Å². The Morgan fingerprint density at radius 3 is 3.05 bits per heavy atom. The number of unbranched alkanes of at least 4 members (excludes halogenated alkanes) is 2. The maximum atomic E-state index is 13.4. The van der Waals surface area contributed by atoms with Gasteiger partial charge in [-0.3, -0.25) is 5.43 Å². The number of nitrogen functional groups attached to an aromatic ring is 1. The monoisotopic (exact) mass is 322 g/mol. The van der Waals surface area contributed by atoms with Gasteiger partial charge in [-0.15, -0.1) is 11.3 Å². The lowest BCUT2D eigenvalue weighted by Crippen LogP contribution is -2.01. The highest BCUT2D eigenvalue weighted by Gasteiger charge is 2.04. The van der Waals surface area contributed by atoms with Gasteiger partial charge in [0.25, 0.3) is 0 Å². The number of hydrogen-bond donors (Lipinski definition) is 2. The predicted molar refractivity (Wildman–Crippen MR) is 89.2 cm³/mol. The average Bonchev–Trinajstić information content (AvgIpc) is 2.91. The molecule has 0 saturated heterocycles. The number of thiazole rings is 1. The third-order valence-electron chi connectivity index (χ3n) is 2.86. The molecule has 5 nitrogen and oxygen atoms in total.